The fourth-order valence-electron chi connectivity index (χ4n) is 4.01. The first kappa shape index (κ1) is 15.7. The van der Waals surface area contributed by atoms with Crippen LogP contribution in [0, 0.1) is 6.92 Å². The minimum atomic E-state index is 0.274. The van der Waals surface area contributed by atoms with E-state index >= 15 is 0 Å². The third kappa shape index (κ3) is 3.08. The lowest BCUT2D eigenvalue weighted by Gasteiger charge is -2.39. The van der Waals surface area contributed by atoms with Gasteiger partial charge in [-0.2, -0.15) is 0 Å². The summed E-state index contributed by atoms with van der Waals surface area (Å²) in [6.07, 6.45) is 4.52. The van der Waals surface area contributed by atoms with Crippen molar-refractivity contribution in [3.63, 3.8) is 0 Å². The average Bonchev–Trinajstić information content (AvgIpc) is 3.21. The molecular formula is C18H22N4OS. The van der Waals surface area contributed by atoms with E-state index in [1.54, 1.807) is 11.3 Å². The van der Waals surface area contributed by atoms with E-state index in [0.29, 0.717) is 25.0 Å². The van der Waals surface area contributed by atoms with Crippen LogP contribution >= 0.6 is 11.3 Å². The quantitative estimate of drug-likeness (QED) is 0.857. The minimum Gasteiger partial charge on any atom is -0.332 e. The molecule has 2 aliphatic heterocycles. The predicted molar refractivity (Wildman–Crippen MR) is 93.5 cm³/mol. The van der Waals surface area contributed by atoms with Crippen molar-refractivity contribution in [2.45, 2.75) is 51.4 Å². The maximum atomic E-state index is 12.5. The molecule has 4 rings (SSSR count). The van der Waals surface area contributed by atoms with Crippen LogP contribution in [0.3, 0.4) is 0 Å². The Labute approximate surface area is 146 Å². The molecule has 2 saturated heterocycles. The summed E-state index contributed by atoms with van der Waals surface area (Å²) in [7, 11) is 0. The van der Waals surface area contributed by atoms with Gasteiger partial charge in [0.1, 0.15) is 5.01 Å². The van der Waals surface area contributed by atoms with Gasteiger partial charge in [-0.1, -0.05) is 6.07 Å². The third-order valence-electron chi connectivity index (χ3n) is 5.10. The Bertz CT molecular complexity index is 718. The van der Waals surface area contributed by atoms with Crippen molar-refractivity contribution in [3.8, 4) is 0 Å². The molecule has 24 heavy (non-hydrogen) atoms. The molecular weight excluding hydrogens is 320 g/mol. The number of carbonyl (C=O) groups is 1. The van der Waals surface area contributed by atoms with Gasteiger partial charge >= 0.3 is 0 Å². The Morgan fingerprint density at radius 1 is 1.25 bits per heavy atom. The zero-order chi connectivity index (χ0) is 16.5. The van der Waals surface area contributed by atoms with Gasteiger partial charge in [-0.25, -0.2) is 4.98 Å². The van der Waals surface area contributed by atoms with Crippen LogP contribution in [0.25, 0.3) is 0 Å². The molecule has 6 heteroatoms. The Morgan fingerprint density at radius 2 is 2.17 bits per heavy atom. The zero-order valence-electron chi connectivity index (χ0n) is 13.9. The highest BCUT2D eigenvalue weighted by Gasteiger charge is 2.43. The normalized spacial score (nSPS) is 24.4. The number of likely N-dealkylation sites (tertiary alicyclic amines) is 2. The topological polar surface area (TPSA) is 49.3 Å². The Hall–Kier alpha value is -1.79. The van der Waals surface area contributed by atoms with Crippen molar-refractivity contribution in [1.29, 1.82) is 0 Å². The molecule has 1 amide bonds. The van der Waals surface area contributed by atoms with Crippen molar-refractivity contribution in [2.24, 2.45) is 0 Å². The van der Waals surface area contributed by atoms with Gasteiger partial charge in [0.2, 0.25) is 5.91 Å². The van der Waals surface area contributed by atoms with E-state index in [1.165, 1.54) is 5.01 Å². The standard InChI is InChI=1S/C18H22N4OS/c1-13-3-2-4-14(20-13)11-22-16-7-9-21(12-17-19-8-10-24-17)15(16)5-6-18(22)23/h2-4,8,10,15-16H,5-7,9,11-12H2,1H3/t15-,16-/m1/s1. The highest BCUT2D eigenvalue weighted by Crippen LogP contribution is 2.33. The van der Waals surface area contributed by atoms with Gasteiger partial charge in [0.15, 0.2) is 0 Å². The zero-order valence-corrected chi connectivity index (χ0v) is 14.7. The Balaban J connectivity index is 1.50. The monoisotopic (exact) mass is 342 g/mol. The van der Waals surface area contributed by atoms with Crippen molar-refractivity contribution >= 4 is 17.2 Å². The summed E-state index contributed by atoms with van der Waals surface area (Å²) in [5.74, 6) is 0.274. The van der Waals surface area contributed by atoms with Gasteiger partial charge in [-0.3, -0.25) is 14.7 Å². The smallest absolute Gasteiger partial charge is 0.223 e. The molecule has 0 saturated carbocycles. The van der Waals surface area contributed by atoms with Crippen LogP contribution in [-0.2, 0) is 17.9 Å². The van der Waals surface area contributed by atoms with E-state index < -0.39 is 0 Å². The lowest BCUT2D eigenvalue weighted by Crippen LogP contribution is -2.51. The van der Waals surface area contributed by atoms with Crippen LogP contribution in [-0.4, -0.2) is 44.3 Å². The first-order valence-corrected chi connectivity index (χ1v) is 9.43. The van der Waals surface area contributed by atoms with Crippen LogP contribution in [0.5, 0.6) is 0 Å². The number of fused-ring (bicyclic) bond motifs is 1. The number of aromatic nitrogens is 2. The van der Waals surface area contributed by atoms with Crippen molar-refractivity contribution in [1.82, 2.24) is 19.8 Å². The number of amides is 1. The number of nitrogens with zero attached hydrogens (tertiary/aromatic N) is 4. The average molecular weight is 342 g/mol. The van der Waals surface area contributed by atoms with Crippen molar-refractivity contribution in [3.05, 3.63) is 46.2 Å². The summed E-state index contributed by atoms with van der Waals surface area (Å²) in [6.45, 7) is 4.58. The second-order valence-corrected chi connectivity index (χ2v) is 7.63. The number of hydrogen-bond donors (Lipinski definition) is 0. The molecule has 2 aliphatic rings. The molecule has 2 fully saturated rings. The molecule has 2 aromatic rings. The summed E-state index contributed by atoms with van der Waals surface area (Å²) in [5.41, 5.74) is 1.99. The lowest BCUT2D eigenvalue weighted by atomic mass is 9.96. The van der Waals surface area contributed by atoms with Gasteiger partial charge in [-0.05, 0) is 31.9 Å². The molecule has 0 bridgehead atoms. The van der Waals surface area contributed by atoms with Crippen LogP contribution in [0.2, 0.25) is 0 Å². The fourth-order valence-corrected chi connectivity index (χ4v) is 4.65. The summed E-state index contributed by atoms with van der Waals surface area (Å²) >= 11 is 1.71. The summed E-state index contributed by atoms with van der Waals surface area (Å²) in [6, 6.07) is 6.80. The molecule has 0 aromatic carbocycles. The highest BCUT2D eigenvalue weighted by atomic mass is 32.1. The van der Waals surface area contributed by atoms with E-state index in [0.717, 1.165) is 37.3 Å². The number of carbonyl (C=O) groups excluding carboxylic acids is 1. The number of rotatable bonds is 4. The second-order valence-electron chi connectivity index (χ2n) is 6.65. The van der Waals surface area contributed by atoms with E-state index in [4.69, 9.17) is 0 Å². The van der Waals surface area contributed by atoms with E-state index in [2.05, 4.69) is 19.8 Å². The summed E-state index contributed by atoms with van der Waals surface area (Å²) in [5, 5.41) is 3.20. The van der Waals surface area contributed by atoms with E-state index in [1.807, 2.05) is 36.7 Å². The molecule has 4 heterocycles. The van der Waals surface area contributed by atoms with Gasteiger partial charge in [0, 0.05) is 42.3 Å². The summed E-state index contributed by atoms with van der Waals surface area (Å²) in [4.78, 5) is 26.1. The SMILES string of the molecule is Cc1cccc(CN2C(=O)CC[C@@H]3[C@H]2CCN3Cc2nccs2)n1. The first-order chi connectivity index (χ1) is 11.7. The Kier molecular flexibility index (Phi) is 4.33. The van der Waals surface area contributed by atoms with Gasteiger partial charge < -0.3 is 4.90 Å². The largest absolute Gasteiger partial charge is 0.332 e. The fraction of sp³-hybridized carbons (Fsp3) is 0.500. The molecule has 126 valence electrons. The highest BCUT2D eigenvalue weighted by molar-refractivity contribution is 7.09. The molecule has 0 aliphatic carbocycles. The molecule has 2 atom stereocenters. The number of pyridine rings is 1. The Morgan fingerprint density at radius 3 is 2.96 bits per heavy atom. The molecule has 2 aromatic heterocycles. The van der Waals surface area contributed by atoms with Gasteiger partial charge in [-0.15, -0.1) is 11.3 Å². The molecule has 0 radical (unpaired) electrons. The van der Waals surface area contributed by atoms with Crippen molar-refractivity contribution < 1.29 is 4.79 Å². The number of hydrogen-bond acceptors (Lipinski definition) is 5. The van der Waals surface area contributed by atoms with E-state index in [9.17, 15) is 4.79 Å². The van der Waals surface area contributed by atoms with Crippen LogP contribution in [0.4, 0.5) is 0 Å². The maximum absolute atomic E-state index is 12.5. The second kappa shape index (κ2) is 6.61. The molecule has 0 unspecified atom stereocenters. The number of aryl methyl sites for hydroxylation is 1. The van der Waals surface area contributed by atoms with E-state index in [-0.39, 0.29) is 5.91 Å². The van der Waals surface area contributed by atoms with Gasteiger partial charge in [0.25, 0.3) is 0 Å². The molecule has 0 N–H and O–H groups in total. The predicted octanol–water partition coefficient (Wildman–Crippen LogP) is 2.61. The van der Waals surface area contributed by atoms with Crippen LogP contribution in [0.1, 0.15) is 35.7 Å². The molecule has 5 nitrogen and oxygen atoms in total. The molecule has 0 spiro atoms. The number of thiazole rings is 1. The van der Waals surface area contributed by atoms with Crippen LogP contribution in [0.15, 0.2) is 29.8 Å². The lowest BCUT2D eigenvalue weighted by molar-refractivity contribution is -0.138. The number of piperidine rings is 1. The third-order valence-corrected chi connectivity index (χ3v) is 5.86. The van der Waals surface area contributed by atoms with Crippen molar-refractivity contribution in [2.75, 3.05) is 6.54 Å². The minimum absolute atomic E-state index is 0.274. The van der Waals surface area contributed by atoms with Crippen LogP contribution < -0.4 is 0 Å². The summed E-state index contributed by atoms with van der Waals surface area (Å²) < 4.78 is 0. The van der Waals surface area contributed by atoms with Gasteiger partial charge in [0.05, 0.1) is 18.8 Å². The maximum Gasteiger partial charge on any atom is 0.223 e. The first-order valence-electron chi connectivity index (χ1n) is 8.55.